The maximum absolute atomic E-state index is 2.86. The lowest BCUT2D eigenvalue weighted by atomic mass is 10.4. The number of H-pyrrole nitrogens is 1. The molecule has 1 nitrogen and oxygen atoms in total. The van der Waals surface area contributed by atoms with E-state index in [4.69, 9.17) is 0 Å². The van der Waals surface area contributed by atoms with Crippen molar-refractivity contribution >= 4 is 0 Å². The zero-order valence-corrected chi connectivity index (χ0v) is 6.68. The maximum Gasteiger partial charge on any atom is 0.000496 e. The van der Waals surface area contributed by atoms with E-state index in [1.807, 2.05) is 60.9 Å². The monoisotopic (exact) mass is 165 g/mol. The molecule has 0 aliphatic carbocycles. The van der Waals surface area contributed by atoms with Crippen molar-refractivity contribution in [1.29, 1.82) is 0 Å². The lowest BCUT2D eigenvalue weighted by molar-refractivity contribution is 1.11. The van der Waals surface area contributed by atoms with Crippen molar-refractivity contribution in [2.45, 2.75) is 0 Å². The minimum atomic E-state index is 0. The SMILES string of the molecule is F.c1cc[nH]c1.c1ccccc1. The average molecular weight is 165 g/mol. The average Bonchev–Trinajstić information content (AvgIpc) is 2.64. The summed E-state index contributed by atoms with van der Waals surface area (Å²) in [6, 6.07) is 15.9. The summed E-state index contributed by atoms with van der Waals surface area (Å²) in [5, 5.41) is 0. The smallest absolute Gasteiger partial charge is 0.000496 e. The summed E-state index contributed by atoms with van der Waals surface area (Å²) in [4.78, 5) is 2.86. The van der Waals surface area contributed by atoms with E-state index < -0.39 is 0 Å². The van der Waals surface area contributed by atoms with Crippen molar-refractivity contribution in [2.24, 2.45) is 0 Å². The van der Waals surface area contributed by atoms with Crippen molar-refractivity contribution in [3.8, 4) is 0 Å². The molecule has 64 valence electrons. The normalized spacial score (nSPS) is 7.33. The molecule has 1 aromatic carbocycles. The molecule has 0 bridgehead atoms. The molecule has 0 unspecified atom stereocenters. The number of rotatable bonds is 0. The molecule has 0 aliphatic heterocycles. The standard InChI is InChI=1S/C6H6.C4H5N.FH/c1-2-4-6-5-3-1;1-2-4-5-3-1;/h1-6H;1-5H;1H. The van der Waals surface area contributed by atoms with E-state index >= 15 is 0 Å². The van der Waals surface area contributed by atoms with Gasteiger partial charge in [0.15, 0.2) is 0 Å². The fourth-order valence-corrected chi connectivity index (χ4v) is 0.663. The van der Waals surface area contributed by atoms with Gasteiger partial charge in [0.25, 0.3) is 0 Å². The van der Waals surface area contributed by atoms with E-state index in [0.29, 0.717) is 0 Å². The topological polar surface area (TPSA) is 15.8 Å². The molecule has 0 atom stereocenters. The van der Waals surface area contributed by atoms with Crippen LogP contribution < -0.4 is 0 Å². The second-order valence-electron chi connectivity index (χ2n) is 2.04. The fourth-order valence-electron chi connectivity index (χ4n) is 0.663. The van der Waals surface area contributed by atoms with Crippen LogP contribution >= 0.6 is 0 Å². The van der Waals surface area contributed by atoms with E-state index in [-0.39, 0.29) is 4.70 Å². The van der Waals surface area contributed by atoms with Crippen LogP contribution in [0.5, 0.6) is 0 Å². The highest BCUT2D eigenvalue weighted by Crippen LogP contribution is 1.79. The Morgan fingerprint density at radius 2 is 0.833 bits per heavy atom. The van der Waals surface area contributed by atoms with E-state index in [2.05, 4.69) is 4.98 Å². The molecule has 2 heteroatoms. The summed E-state index contributed by atoms with van der Waals surface area (Å²) >= 11 is 0. The summed E-state index contributed by atoms with van der Waals surface area (Å²) < 4.78 is 0. The van der Waals surface area contributed by atoms with E-state index in [1.165, 1.54) is 0 Å². The van der Waals surface area contributed by atoms with Crippen molar-refractivity contribution in [3.63, 3.8) is 0 Å². The molecule has 2 aromatic rings. The van der Waals surface area contributed by atoms with E-state index in [1.54, 1.807) is 0 Å². The molecule has 0 amide bonds. The summed E-state index contributed by atoms with van der Waals surface area (Å²) in [5.41, 5.74) is 0. The zero-order valence-electron chi connectivity index (χ0n) is 6.68. The number of aromatic nitrogens is 1. The van der Waals surface area contributed by atoms with Gasteiger partial charge in [-0.05, 0) is 12.1 Å². The molecule has 12 heavy (non-hydrogen) atoms. The van der Waals surface area contributed by atoms with Gasteiger partial charge in [0.05, 0.1) is 0 Å². The molecule has 0 saturated heterocycles. The van der Waals surface area contributed by atoms with Gasteiger partial charge in [-0.3, -0.25) is 4.70 Å². The molecular formula is C10H12FN. The quantitative estimate of drug-likeness (QED) is 0.617. The zero-order chi connectivity index (χ0) is 7.78. The van der Waals surface area contributed by atoms with Gasteiger partial charge in [0, 0.05) is 12.4 Å². The van der Waals surface area contributed by atoms with Crippen molar-refractivity contribution in [2.75, 3.05) is 0 Å². The number of nitrogens with one attached hydrogen (secondary N) is 1. The van der Waals surface area contributed by atoms with Crippen LogP contribution in [0, 0.1) is 0 Å². The molecule has 0 fully saturated rings. The lowest BCUT2D eigenvalue weighted by Crippen LogP contribution is -1.47. The third-order valence-corrected chi connectivity index (χ3v) is 1.16. The van der Waals surface area contributed by atoms with Gasteiger partial charge in [0.1, 0.15) is 0 Å². The van der Waals surface area contributed by atoms with Crippen LogP contribution in [0.25, 0.3) is 0 Å². The van der Waals surface area contributed by atoms with Gasteiger partial charge in [-0.25, -0.2) is 0 Å². The van der Waals surface area contributed by atoms with Crippen molar-refractivity contribution in [1.82, 2.24) is 4.98 Å². The van der Waals surface area contributed by atoms with Crippen molar-refractivity contribution < 1.29 is 4.70 Å². The number of hydrogen-bond acceptors (Lipinski definition) is 0. The van der Waals surface area contributed by atoms with Crippen LogP contribution in [-0.4, -0.2) is 4.98 Å². The first-order chi connectivity index (χ1) is 5.50. The minimum absolute atomic E-state index is 0. The number of hydrogen-bond donors (Lipinski definition) is 1. The minimum Gasteiger partial charge on any atom is -0.368 e. The number of aromatic amines is 1. The second kappa shape index (κ2) is 7.54. The van der Waals surface area contributed by atoms with Crippen LogP contribution in [0.3, 0.4) is 0 Å². The first kappa shape index (κ1) is 10.4. The predicted octanol–water partition coefficient (Wildman–Crippen LogP) is 2.85. The predicted molar refractivity (Wildman–Crippen MR) is 49.7 cm³/mol. The Labute approximate surface area is 71.4 Å². The molecule has 1 heterocycles. The summed E-state index contributed by atoms with van der Waals surface area (Å²) in [7, 11) is 0. The van der Waals surface area contributed by atoms with Gasteiger partial charge in [0.2, 0.25) is 0 Å². The molecule has 0 spiro atoms. The molecule has 1 N–H and O–H groups in total. The third-order valence-electron chi connectivity index (χ3n) is 1.16. The first-order valence-electron chi connectivity index (χ1n) is 3.58. The van der Waals surface area contributed by atoms with Gasteiger partial charge in [-0.2, -0.15) is 0 Å². The molecule has 0 aliphatic rings. The molecular weight excluding hydrogens is 153 g/mol. The van der Waals surface area contributed by atoms with Gasteiger partial charge in [-0.15, -0.1) is 0 Å². The highest BCUT2D eigenvalue weighted by atomic mass is 19.0. The molecule has 0 radical (unpaired) electrons. The Morgan fingerprint density at radius 3 is 1.00 bits per heavy atom. The Morgan fingerprint density at radius 1 is 0.500 bits per heavy atom. The molecule has 1 aromatic heterocycles. The Balaban J connectivity index is 0.000000189. The highest BCUT2D eigenvalue weighted by Gasteiger charge is 1.58. The Bertz CT molecular complexity index is 196. The van der Waals surface area contributed by atoms with Crippen LogP contribution in [0.2, 0.25) is 0 Å². The van der Waals surface area contributed by atoms with Crippen LogP contribution in [0.4, 0.5) is 4.70 Å². The largest absolute Gasteiger partial charge is 0.368 e. The summed E-state index contributed by atoms with van der Waals surface area (Å²) in [5.74, 6) is 0. The van der Waals surface area contributed by atoms with Crippen molar-refractivity contribution in [3.05, 3.63) is 60.9 Å². The maximum atomic E-state index is 2.86. The fraction of sp³-hybridized carbons (Fsp3) is 0. The van der Waals surface area contributed by atoms with Gasteiger partial charge < -0.3 is 4.98 Å². The van der Waals surface area contributed by atoms with Gasteiger partial charge in [-0.1, -0.05) is 36.4 Å². The summed E-state index contributed by atoms with van der Waals surface area (Å²) in [6.07, 6.45) is 3.75. The number of benzene rings is 1. The van der Waals surface area contributed by atoms with Gasteiger partial charge >= 0.3 is 0 Å². The van der Waals surface area contributed by atoms with E-state index in [0.717, 1.165) is 0 Å². The highest BCUT2D eigenvalue weighted by molar-refractivity contribution is 4.99. The lowest BCUT2D eigenvalue weighted by Gasteiger charge is -1.69. The number of halogens is 1. The first-order valence-corrected chi connectivity index (χ1v) is 3.58. The Hall–Kier alpha value is -1.57. The van der Waals surface area contributed by atoms with Crippen LogP contribution in [0.15, 0.2) is 60.9 Å². The van der Waals surface area contributed by atoms with Crippen LogP contribution in [0.1, 0.15) is 0 Å². The summed E-state index contributed by atoms with van der Waals surface area (Å²) in [6.45, 7) is 0. The molecule has 2 rings (SSSR count). The third kappa shape index (κ3) is 5.23. The second-order valence-corrected chi connectivity index (χ2v) is 2.04. The van der Waals surface area contributed by atoms with E-state index in [9.17, 15) is 0 Å². The molecule has 0 saturated carbocycles. The Kier molecular flexibility index (Phi) is 6.55. The van der Waals surface area contributed by atoms with Crippen LogP contribution in [-0.2, 0) is 0 Å².